The zero-order chi connectivity index (χ0) is 13.8. The Balaban J connectivity index is 2.61. The Bertz CT molecular complexity index is 421. The summed E-state index contributed by atoms with van der Waals surface area (Å²) in [5.41, 5.74) is -0.833. The predicted octanol–water partition coefficient (Wildman–Crippen LogP) is 1.75. The molecule has 0 bridgehead atoms. The first-order valence-corrected chi connectivity index (χ1v) is 5.98. The number of carbonyl (C=O) groups excluding carboxylic acids is 1. The number of aromatic nitrogens is 1. The van der Waals surface area contributed by atoms with Gasteiger partial charge in [-0.05, 0) is 18.9 Å². The van der Waals surface area contributed by atoms with E-state index in [1.807, 2.05) is 13.8 Å². The van der Waals surface area contributed by atoms with Gasteiger partial charge in [-0.2, -0.15) is 0 Å². The van der Waals surface area contributed by atoms with Crippen LogP contribution < -0.4 is 5.32 Å². The second kappa shape index (κ2) is 5.91. The minimum atomic E-state index is -0.981. The number of amides is 1. The van der Waals surface area contributed by atoms with Crippen LogP contribution >= 0.6 is 0 Å². The highest BCUT2D eigenvalue weighted by atomic mass is 19.1. The lowest BCUT2D eigenvalue weighted by molar-refractivity contribution is 0.00592. The lowest BCUT2D eigenvalue weighted by Gasteiger charge is -2.29. The van der Waals surface area contributed by atoms with Crippen LogP contribution in [-0.2, 0) is 0 Å². The van der Waals surface area contributed by atoms with Crippen LogP contribution in [0.1, 0.15) is 37.6 Å². The molecule has 0 aromatic carbocycles. The van der Waals surface area contributed by atoms with Gasteiger partial charge in [0.15, 0.2) is 0 Å². The third kappa shape index (κ3) is 3.77. The van der Waals surface area contributed by atoms with Crippen molar-refractivity contribution in [1.29, 1.82) is 0 Å². The molecule has 4 nitrogen and oxygen atoms in total. The Morgan fingerprint density at radius 1 is 1.61 bits per heavy atom. The van der Waals surface area contributed by atoms with Crippen LogP contribution in [0, 0.1) is 11.7 Å². The van der Waals surface area contributed by atoms with E-state index in [1.54, 1.807) is 6.92 Å². The normalized spacial score (nSPS) is 15.8. The van der Waals surface area contributed by atoms with Gasteiger partial charge in [-0.3, -0.25) is 9.78 Å². The summed E-state index contributed by atoms with van der Waals surface area (Å²) in [4.78, 5) is 15.3. The maximum Gasteiger partial charge on any atom is 0.253 e. The van der Waals surface area contributed by atoms with Crippen molar-refractivity contribution in [3.05, 3.63) is 29.8 Å². The molecule has 0 fully saturated rings. The molecule has 0 saturated heterocycles. The van der Waals surface area contributed by atoms with Crippen molar-refractivity contribution < 1.29 is 14.3 Å². The van der Waals surface area contributed by atoms with Crippen molar-refractivity contribution in [1.82, 2.24) is 10.3 Å². The summed E-state index contributed by atoms with van der Waals surface area (Å²) in [6.45, 7) is 5.68. The quantitative estimate of drug-likeness (QED) is 0.841. The first-order valence-electron chi connectivity index (χ1n) is 5.98. The summed E-state index contributed by atoms with van der Waals surface area (Å²) in [7, 11) is 0. The van der Waals surface area contributed by atoms with Crippen LogP contribution in [0.5, 0.6) is 0 Å². The Kier molecular flexibility index (Phi) is 4.78. The molecular formula is C13H19FN2O2. The summed E-state index contributed by atoms with van der Waals surface area (Å²) in [6.07, 6.45) is 3.13. The van der Waals surface area contributed by atoms with E-state index in [4.69, 9.17) is 0 Å². The molecule has 1 amide bonds. The number of aliphatic hydroxyl groups is 1. The van der Waals surface area contributed by atoms with Crippen LogP contribution in [0.25, 0.3) is 0 Å². The van der Waals surface area contributed by atoms with Gasteiger partial charge in [0.05, 0.1) is 17.4 Å². The van der Waals surface area contributed by atoms with Gasteiger partial charge in [0.25, 0.3) is 5.91 Å². The maximum absolute atomic E-state index is 12.9. The van der Waals surface area contributed by atoms with Gasteiger partial charge in [0.2, 0.25) is 0 Å². The van der Waals surface area contributed by atoms with Crippen molar-refractivity contribution in [2.45, 2.75) is 32.8 Å². The number of rotatable bonds is 5. The molecule has 1 heterocycles. The predicted molar refractivity (Wildman–Crippen MR) is 66.6 cm³/mol. The molecule has 0 aliphatic heterocycles. The molecule has 1 aromatic heterocycles. The first-order chi connectivity index (χ1) is 8.36. The molecule has 1 aromatic rings. The molecule has 2 atom stereocenters. The highest BCUT2D eigenvalue weighted by molar-refractivity contribution is 5.93. The molecule has 2 unspecified atom stereocenters. The number of halogens is 1. The fraction of sp³-hybridized carbons (Fsp3) is 0.538. The molecule has 100 valence electrons. The smallest absolute Gasteiger partial charge is 0.253 e. The summed E-state index contributed by atoms with van der Waals surface area (Å²) in [6, 6.07) is 1.11. The summed E-state index contributed by atoms with van der Waals surface area (Å²) >= 11 is 0. The molecule has 18 heavy (non-hydrogen) atoms. The first kappa shape index (κ1) is 14.6. The van der Waals surface area contributed by atoms with Crippen molar-refractivity contribution in [3.8, 4) is 0 Å². The van der Waals surface area contributed by atoms with Gasteiger partial charge < -0.3 is 10.4 Å². The van der Waals surface area contributed by atoms with E-state index >= 15 is 0 Å². The van der Waals surface area contributed by atoms with Gasteiger partial charge in [-0.15, -0.1) is 0 Å². The van der Waals surface area contributed by atoms with Crippen molar-refractivity contribution in [2.24, 2.45) is 5.92 Å². The van der Waals surface area contributed by atoms with Crippen molar-refractivity contribution >= 4 is 5.91 Å². The fourth-order valence-electron chi connectivity index (χ4n) is 1.51. The number of pyridine rings is 1. The highest BCUT2D eigenvalue weighted by Gasteiger charge is 2.27. The Morgan fingerprint density at radius 3 is 2.83 bits per heavy atom. The van der Waals surface area contributed by atoms with Crippen LogP contribution in [-0.4, -0.2) is 28.1 Å². The van der Waals surface area contributed by atoms with Crippen LogP contribution in [0.3, 0.4) is 0 Å². The van der Waals surface area contributed by atoms with Gasteiger partial charge in [-0.1, -0.05) is 20.3 Å². The van der Waals surface area contributed by atoms with E-state index in [1.165, 1.54) is 6.20 Å². The zero-order valence-electron chi connectivity index (χ0n) is 10.9. The van der Waals surface area contributed by atoms with E-state index in [9.17, 15) is 14.3 Å². The average Bonchev–Trinajstić information content (AvgIpc) is 2.35. The number of hydrogen-bond acceptors (Lipinski definition) is 3. The van der Waals surface area contributed by atoms with E-state index in [0.717, 1.165) is 18.7 Å². The zero-order valence-corrected chi connectivity index (χ0v) is 10.9. The molecule has 0 saturated carbocycles. The molecule has 0 radical (unpaired) electrons. The number of carbonyl (C=O) groups is 1. The molecule has 1 rings (SSSR count). The lowest BCUT2D eigenvalue weighted by Crippen LogP contribution is -2.45. The third-order valence-electron chi connectivity index (χ3n) is 3.25. The maximum atomic E-state index is 12.9. The van der Waals surface area contributed by atoms with Crippen LogP contribution in [0.4, 0.5) is 4.39 Å². The molecular weight excluding hydrogens is 235 g/mol. The summed E-state index contributed by atoms with van der Waals surface area (Å²) in [5.74, 6) is -0.939. The number of hydrogen-bond donors (Lipinski definition) is 2. The topological polar surface area (TPSA) is 62.2 Å². The van der Waals surface area contributed by atoms with Crippen LogP contribution in [0.15, 0.2) is 18.5 Å². The SMILES string of the molecule is CCC(C)C(C)(O)CNC(=O)c1cncc(F)c1. The van der Waals surface area contributed by atoms with E-state index in [-0.39, 0.29) is 18.0 Å². The molecule has 2 N–H and O–H groups in total. The second-order valence-electron chi connectivity index (χ2n) is 4.74. The molecule has 5 heteroatoms. The molecule has 0 aliphatic rings. The van der Waals surface area contributed by atoms with Crippen LogP contribution in [0.2, 0.25) is 0 Å². The largest absolute Gasteiger partial charge is 0.388 e. The molecule has 0 aliphatic carbocycles. The summed E-state index contributed by atoms with van der Waals surface area (Å²) in [5, 5.41) is 12.7. The van der Waals surface area contributed by atoms with Gasteiger partial charge in [0.1, 0.15) is 5.82 Å². The average molecular weight is 254 g/mol. The Labute approximate surface area is 106 Å². The monoisotopic (exact) mass is 254 g/mol. The highest BCUT2D eigenvalue weighted by Crippen LogP contribution is 2.18. The Hall–Kier alpha value is -1.49. The summed E-state index contributed by atoms with van der Waals surface area (Å²) < 4.78 is 12.9. The molecule has 0 spiro atoms. The minimum Gasteiger partial charge on any atom is -0.388 e. The standard InChI is InChI=1S/C13H19FN2O2/c1-4-9(2)13(3,18)8-16-12(17)10-5-11(14)7-15-6-10/h5-7,9,18H,4,8H2,1-3H3,(H,16,17). The number of nitrogens with zero attached hydrogens (tertiary/aromatic N) is 1. The van der Waals surface area contributed by atoms with E-state index < -0.39 is 17.3 Å². The minimum absolute atomic E-state index is 0.0587. The third-order valence-corrected chi connectivity index (χ3v) is 3.25. The number of nitrogens with one attached hydrogen (secondary N) is 1. The second-order valence-corrected chi connectivity index (χ2v) is 4.74. The fourth-order valence-corrected chi connectivity index (χ4v) is 1.51. The Morgan fingerprint density at radius 2 is 2.28 bits per heavy atom. The lowest BCUT2D eigenvalue weighted by atomic mass is 9.88. The van der Waals surface area contributed by atoms with Crippen molar-refractivity contribution in [3.63, 3.8) is 0 Å². The van der Waals surface area contributed by atoms with E-state index in [2.05, 4.69) is 10.3 Å². The van der Waals surface area contributed by atoms with Crippen molar-refractivity contribution in [2.75, 3.05) is 6.54 Å². The van der Waals surface area contributed by atoms with Gasteiger partial charge in [-0.25, -0.2) is 4.39 Å². The van der Waals surface area contributed by atoms with Gasteiger partial charge >= 0.3 is 0 Å². The van der Waals surface area contributed by atoms with E-state index in [0.29, 0.717) is 0 Å². The van der Waals surface area contributed by atoms with Gasteiger partial charge in [0, 0.05) is 12.7 Å².